The number of hydrogen-bond acceptors (Lipinski definition) is 8. The Morgan fingerprint density at radius 3 is 2.57 bits per heavy atom. The molecule has 3 N–H and O–H groups in total. The minimum Gasteiger partial charge on any atom is -0.394 e. The number of hydrazine groups is 1. The summed E-state index contributed by atoms with van der Waals surface area (Å²) in [6.45, 7) is 8.42. The minimum atomic E-state index is 0.0335. The van der Waals surface area contributed by atoms with Crippen LogP contribution in [0.4, 0.5) is 16.4 Å². The molecule has 0 aliphatic carbocycles. The van der Waals surface area contributed by atoms with Gasteiger partial charge in [-0.15, -0.1) is 11.3 Å². The Balaban J connectivity index is 2.07. The molecule has 0 aliphatic rings. The molecular formula is C20H25N5O2S. The van der Waals surface area contributed by atoms with Crippen molar-refractivity contribution in [3.63, 3.8) is 0 Å². The molecule has 7 nitrogen and oxygen atoms in total. The number of aliphatic hydroxyl groups excluding tert-OH is 1. The second-order valence-corrected chi connectivity index (χ2v) is 7.17. The Kier molecular flexibility index (Phi) is 8.09. The number of rotatable bonds is 10. The molecule has 0 saturated carbocycles. The van der Waals surface area contributed by atoms with Crippen LogP contribution in [0, 0.1) is 36.5 Å². The van der Waals surface area contributed by atoms with Gasteiger partial charge in [0.1, 0.15) is 22.0 Å². The topological polar surface area (TPSA) is 104 Å². The molecule has 1 aromatic heterocycles. The van der Waals surface area contributed by atoms with Crippen LogP contribution in [0.3, 0.4) is 0 Å². The molecule has 0 atom stereocenters. The second-order valence-electron chi connectivity index (χ2n) is 6.15. The minimum absolute atomic E-state index is 0.0335. The third kappa shape index (κ3) is 5.14. The zero-order valence-corrected chi connectivity index (χ0v) is 17.2. The molecule has 8 heteroatoms. The molecule has 2 aromatic rings. The molecular weight excluding hydrogens is 374 g/mol. The maximum Gasteiger partial charge on any atom is 0.127 e. The summed E-state index contributed by atoms with van der Waals surface area (Å²) in [4.78, 5) is 2.74. The Morgan fingerprint density at radius 1 is 1.18 bits per heavy atom. The van der Waals surface area contributed by atoms with E-state index in [0.717, 1.165) is 30.0 Å². The first-order valence-electron chi connectivity index (χ1n) is 9.05. The highest BCUT2D eigenvalue weighted by molar-refractivity contribution is 7.17. The van der Waals surface area contributed by atoms with Gasteiger partial charge < -0.3 is 14.7 Å². The van der Waals surface area contributed by atoms with Crippen LogP contribution in [0.25, 0.3) is 0 Å². The predicted octanol–water partition coefficient (Wildman–Crippen LogP) is 3.38. The molecule has 1 heterocycles. The normalized spacial score (nSPS) is 10.2. The summed E-state index contributed by atoms with van der Waals surface area (Å²) >= 11 is 1.26. The third-order valence-electron chi connectivity index (χ3n) is 4.37. The summed E-state index contributed by atoms with van der Waals surface area (Å²) < 4.78 is 5.36. The molecule has 0 amide bonds. The number of nitriles is 2. The van der Waals surface area contributed by atoms with E-state index >= 15 is 0 Å². The van der Waals surface area contributed by atoms with E-state index in [-0.39, 0.29) is 6.61 Å². The number of nitrogens with one attached hydrogen (secondary N) is 2. The summed E-state index contributed by atoms with van der Waals surface area (Å²) in [5, 5.41) is 27.9. The zero-order valence-electron chi connectivity index (χ0n) is 16.4. The van der Waals surface area contributed by atoms with Gasteiger partial charge in [-0.2, -0.15) is 10.5 Å². The molecule has 0 aliphatic heterocycles. The van der Waals surface area contributed by atoms with Gasteiger partial charge in [0, 0.05) is 18.8 Å². The average Bonchev–Trinajstić information content (AvgIpc) is 3.01. The maximum atomic E-state index is 9.34. The van der Waals surface area contributed by atoms with Crippen LogP contribution in [-0.2, 0) is 4.74 Å². The number of hydrogen-bond donors (Lipinski definition) is 3. The number of aliphatic hydroxyl groups is 1. The summed E-state index contributed by atoms with van der Waals surface area (Å²) in [5.74, 6) is 0. The maximum absolute atomic E-state index is 9.34. The Morgan fingerprint density at radius 2 is 1.96 bits per heavy atom. The van der Waals surface area contributed by atoms with Crippen molar-refractivity contribution in [1.29, 1.82) is 10.5 Å². The number of likely N-dealkylation sites (N-methyl/N-ethyl adjacent to an activating group) is 1. The van der Waals surface area contributed by atoms with Gasteiger partial charge >= 0.3 is 0 Å². The predicted molar refractivity (Wildman–Crippen MR) is 113 cm³/mol. The monoisotopic (exact) mass is 399 g/mol. The van der Waals surface area contributed by atoms with Crippen LogP contribution in [-0.4, -0.2) is 38.0 Å². The van der Waals surface area contributed by atoms with Gasteiger partial charge in [0.2, 0.25) is 0 Å². The van der Waals surface area contributed by atoms with Crippen LogP contribution >= 0.6 is 11.3 Å². The highest BCUT2D eigenvalue weighted by Gasteiger charge is 2.15. The summed E-state index contributed by atoms with van der Waals surface area (Å²) in [5.41, 5.74) is 10.4. The van der Waals surface area contributed by atoms with Crippen molar-refractivity contribution >= 4 is 27.7 Å². The van der Waals surface area contributed by atoms with E-state index in [9.17, 15) is 5.26 Å². The first kappa shape index (κ1) is 21.5. The number of nitrogens with zero attached hydrogens (tertiary/aromatic N) is 3. The Labute approximate surface area is 169 Å². The van der Waals surface area contributed by atoms with Crippen LogP contribution in [0.2, 0.25) is 0 Å². The van der Waals surface area contributed by atoms with Crippen molar-refractivity contribution in [3.8, 4) is 12.1 Å². The lowest BCUT2D eigenvalue weighted by Gasteiger charge is -2.24. The van der Waals surface area contributed by atoms with E-state index in [1.54, 1.807) is 6.92 Å². The summed E-state index contributed by atoms with van der Waals surface area (Å²) in [7, 11) is 0. The van der Waals surface area contributed by atoms with Crippen LogP contribution in [0.1, 0.15) is 28.5 Å². The van der Waals surface area contributed by atoms with Gasteiger partial charge in [0.25, 0.3) is 0 Å². The number of anilines is 3. The van der Waals surface area contributed by atoms with Gasteiger partial charge in [-0.05, 0) is 50.1 Å². The quantitative estimate of drug-likeness (QED) is 0.415. The van der Waals surface area contributed by atoms with Gasteiger partial charge in [0.15, 0.2) is 0 Å². The number of thiophene rings is 1. The summed E-state index contributed by atoms with van der Waals surface area (Å²) in [6, 6.07) is 10.4. The molecule has 1 aromatic carbocycles. The van der Waals surface area contributed by atoms with Crippen molar-refractivity contribution in [2.75, 3.05) is 48.7 Å². The van der Waals surface area contributed by atoms with Gasteiger partial charge in [-0.3, -0.25) is 10.9 Å². The van der Waals surface area contributed by atoms with Gasteiger partial charge in [-0.25, -0.2) is 0 Å². The fourth-order valence-corrected chi connectivity index (χ4v) is 3.67. The highest BCUT2D eigenvalue weighted by Crippen LogP contribution is 2.32. The van der Waals surface area contributed by atoms with E-state index in [4.69, 9.17) is 15.1 Å². The van der Waals surface area contributed by atoms with Crippen molar-refractivity contribution in [2.45, 2.75) is 20.8 Å². The van der Waals surface area contributed by atoms with Gasteiger partial charge in [-0.1, -0.05) is 0 Å². The van der Waals surface area contributed by atoms with Crippen molar-refractivity contribution in [2.24, 2.45) is 0 Å². The highest BCUT2D eigenvalue weighted by atomic mass is 32.1. The largest absolute Gasteiger partial charge is 0.394 e. The first-order chi connectivity index (χ1) is 13.5. The lowest BCUT2D eigenvalue weighted by Crippen LogP contribution is -2.27. The lowest BCUT2D eigenvalue weighted by molar-refractivity contribution is 0.0967. The van der Waals surface area contributed by atoms with E-state index in [0.29, 0.717) is 34.2 Å². The molecule has 148 valence electrons. The zero-order chi connectivity index (χ0) is 20.5. The molecule has 0 saturated heterocycles. The molecule has 28 heavy (non-hydrogen) atoms. The van der Waals surface area contributed by atoms with Crippen LogP contribution in [0.15, 0.2) is 18.2 Å². The fraction of sp³-hybridized carbons (Fsp3) is 0.400. The second kappa shape index (κ2) is 10.5. The van der Waals surface area contributed by atoms with Crippen molar-refractivity contribution < 1.29 is 9.84 Å². The third-order valence-corrected chi connectivity index (χ3v) is 5.48. The van der Waals surface area contributed by atoms with E-state index < -0.39 is 0 Å². The smallest absolute Gasteiger partial charge is 0.127 e. The molecule has 0 fully saturated rings. The molecule has 0 spiro atoms. The average molecular weight is 400 g/mol. The van der Waals surface area contributed by atoms with Crippen LogP contribution in [0.5, 0.6) is 0 Å². The number of ether oxygens (including phenoxy) is 1. The van der Waals surface area contributed by atoms with Crippen molar-refractivity contribution in [3.05, 3.63) is 39.8 Å². The first-order valence-corrected chi connectivity index (χ1v) is 9.87. The summed E-state index contributed by atoms with van der Waals surface area (Å²) in [6.07, 6.45) is 0. The Bertz CT molecular complexity index is 882. The fourth-order valence-electron chi connectivity index (χ4n) is 2.76. The Hall–Kier alpha value is -2.78. The SMILES string of the molecule is CCN(CCOCCO)c1ccc(NNc2sc(C#N)c(C)c2C#N)c(C)c1. The molecule has 0 radical (unpaired) electrons. The van der Waals surface area contributed by atoms with Crippen LogP contribution < -0.4 is 15.8 Å². The van der Waals surface area contributed by atoms with Gasteiger partial charge in [0.05, 0.1) is 31.1 Å². The van der Waals surface area contributed by atoms with Crippen molar-refractivity contribution in [1.82, 2.24) is 0 Å². The van der Waals surface area contributed by atoms with E-state index in [1.165, 1.54) is 11.3 Å². The number of benzene rings is 1. The standard InChI is InChI=1S/C20H25N5O2S/c1-4-25(7-9-27-10-8-26)16-5-6-18(14(2)11-16)23-24-20-17(12-21)15(3)19(13-22)28-20/h5-6,11,23-24,26H,4,7-10H2,1-3H3. The lowest BCUT2D eigenvalue weighted by atomic mass is 10.1. The van der Waals surface area contributed by atoms with E-state index in [2.05, 4.69) is 40.9 Å². The molecule has 0 unspecified atom stereocenters. The number of aryl methyl sites for hydroxylation is 1. The molecule has 0 bridgehead atoms. The molecule has 2 rings (SSSR count). The van der Waals surface area contributed by atoms with E-state index in [1.807, 2.05) is 19.1 Å².